The van der Waals surface area contributed by atoms with Crippen molar-refractivity contribution in [3.63, 3.8) is 0 Å². The summed E-state index contributed by atoms with van der Waals surface area (Å²) in [5, 5.41) is 6.66. The summed E-state index contributed by atoms with van der Waals surface area (Å²) in [6, 6.07) is 21.4. The van der Waals surface area contributed by atoms with Crippen molar-refractivity contribution < 1.29 is 4.79 Å². The summed E-state index contributed by atoms with van der Waals surface area (Å²) < 4.78 is 1.86. The molecule has 1 amide bonds. The maximum Gasteiger partial charge on any atom is 0.272 e. The minimum Gasteiger partial charge on any atom is -0.340 e. The average molecular weight is 335 g/mol. The first kappa shape index (κ1) is 14.8. The minimum atomic E-state index is -0.152. The fraction of sp³-hybridized carbons (Fsp3) is 0.0500. The van der Waals surface area contributed by atoms with Gasteiger partial charge in [-0.2, -0.15) is 0 Å². The predicted molar refractivity (Wildman–Crippen MR) is 99.8 cm³/mol. The number of aryl methyl sites for hydroxylation is 1. The van der Waals surface area contributed by atoms with Gasteiger partial charge >= 0.3 is 0 Å². The zero-order chi connectivity index (χ0) is 16.7. The highest BCUT2D eigenvalue weighted by molar-refractivity contribution is 6.35. The summed E-state index contributed by atoms with van der Waals surface area (Å²) in [7, 11) is 1.87. The molecule has 1 aromatic heterocycles. The van der Waals surface area contributed by atoms with Crippen LogP contribution < -0.4 is 5.32 Å². The summed E-state index contributed by atoms with van der Waals surface area (Å²) in [5.41, 5.74) is 2.31. The maximum absolute atomic E-state index is 12.8. The molecule has 1 heterocycles. The third-order valence-electron chi connectivity index (χ3n) is 4.30. The summed E-state index contributed by atoms with van der Waals surface area (Å²) in [6.45, 7) is 0. The summed E-state index contributed by atoms with van der Waals surface area (Å²) in [6.07, 6.45) is 0. The first-order chi connectivity index (χ1) is 11.6. The molecule has 4 rings (SSSR count). The first-order valence-corrected chi connectivity index (χ1v) is 8.06. The summed E-state index contributed by atoms with van der Waals surface area (Å²) in [4.78, 5) is 12.8. The molecule has 4 aromatic rings. The lowest BCUT2D eigenvalue weighted by molar-refractivity contribution is 0.102. The summed E-state index contributed by atoms with van der Waals surface area (Å²) >= 11 is 6.24. The van der Waals surface area contributed by atoms with Gasteiger partial charge in [-0.05, 0) is 29.7 Å². The second-order valence-electron chi connectivity index (χ2n) is 5.74. The van der Waals surface area contributed by atoms with Crippen molar-refractivity contribution in [2.24, 2.45) is 7.05 Å². The molecule has 0 atom stereocenters. The Balaban J connectivity index is 1.77. The Kier molecular flexibility index (Phi) is 3.51. The molecule has 3 aromatic carbocycles. The molecule has 0 radical (unpaired) electrons. The van der Waals surface area contributed by atoms with Crippen molar-refractivity contribution in [2.75, 3.05) is 5.32 Å². The quantitative estimate of drug-likeness (QED) is 0.534. The first-order valence-electron chi connectivity index (χ1n) is 7.68. The molecule has 0 aliphatic carbocycles. The molecule has 0 unspecified atom stereocenters. The van der Waals surface area contributed by atoms with Gasteiger partial charge in [-0.25, -0.2) is 0 Å². The third kappa shape index (κ3) is 2.34. The number of hydrogen-bond donors (Lipinski definition) is 1. The van der Waals surface area contributed by atoms with Gasteiger partial charge in [0, 0.05) is 34.0 Å². The number of benzene rings is 3. The molecule has 0 aliphatic heterocycles. The van der Waals surface area contributed by atoms with E-state index in [1.54, 1.807) is 0 Å². The molecular formula is C20H15ClN2O. The SMILES string of the molecule is Cn1c(C(=O)Nc2cccc3ccccc23)cc2c(Cl)cccc21. The fourth-order valence-corrected chi connectivity index (χ4v) is 3.29. The van der Waals surface area contributed by atoms with Crippen LogP contribution in [0.5, 0.6) is 0 Å². The second kappa shape index (κ2) is 5.69. The number of halogens is 1. The lowest BCUT2D eigenvalue weighted by atomic mass is 10.1. The molecule has 0 saturated carbocycles. The van der Waals surface area contributed by atoms with Crippen molar-refractivity contribution in [1.29, 1.82) is 0 Å². The van der Waals surface area contributed by atoms with Crippen molar-refractivity contribution >= 4 is 44.9 Å². The van der Waals surface area contributed by atoms with Crippen LogP contribution in [-0.2, 0) is 7.05 Å². The van der Waals surface area contributed by atoms with Crippen LogP contribution >= 0.6 is 11.6 Å². The maximum atomic E-state index is 12.8. The zero-order valence-corrected chi connectivity index (χ0v) is 13.8. The molecule has 0 aliphatic rings. The third-order valence-corrected chi connectivity index (χ3v) is 4.63. The van der Waals surface area contributed by atoms with E-state index in [9.17, 15) is 4.79 Å². The molecule has 0 bridgehead atoms. The number of rotatable bonds is 2. The second-order valence-corrected chi connectivity index (χ2v) is 6.15. The molecule has 24 heavy (non-hydrogen) atoms. The minimum absolute atomic E-state index is 0.152. The van der Waals surface area contributed by atoms with Crippen LogP contribution in [0.2, 0.25) is 5.02 Å². The van der Waals surface area contributed by atoms with Gasteiger partial charge < -0.3 is 9.88 Å². The Labute approximate surface area is 144 Å². The van der Waals surface area contributed by atoms with Crippen molar-refractivity contribution in [3.8, 4) is 0 Å². The monoisotopic (exact) mass is 334 g/mol. The number of aromatic nitrogens is 1. The highest BCUT2D eigenvalue weighted by Gasteiger charge is 2.15. The highest BCUT2D eigenvalue weighted by atomic mass is 35.5. The summed E-state index contributed by atoms with van der Waals surface area (Å²) in [5.74, 6) is -0.152. The van der Waals surface area contributed by atoms with E-state index in [4.69, 9.17) is 11.6 Å². The molecule has 0 fully saturated rings. The predicted octanol–water partition coefficient (Wildman–Crippen LogP) is 5.24. The van der Waals surface area contributed by atoms with Crippen LogP contribution in [0.15, 0.2) is 66.7 Å². The number of nitrogens with zero attached hydrogens (tertiary/aromatic N) is 1. The van der Waals surface area contributed by atoms with Crippen molar-refractivity contribution in [3.05, 3.63) is 77.4 Å². The Hall–Kier alpha value is -2.78. The van der Waals surface area contributed by atoms with Gasteiger partial charge in [0.2, 0.25) is 0 Å². The van der Waals surface area contributed by atoms with Crippen LogP contribution in [0.3, 0.4) is 0 Å². The highest BCUT2D eigenvalue weighted by Crippen LogP contribution is 2.28. The lowest BCUT2D eigenvalue weighted by Crippen LogP contribution is -2.15. The standard InChI is InChI=1S/C20H15ClN2O/c1-23-18-11-5-9-16(21)15(18)12-19(23)20(24)22-17-10-4-7-13-6-2-3-8-14(13)17/h2-12H,1H3,(H,22,24). The number of nitrogens with one attached hydrogen (secondary N) is 1. The number of fused-ring (bicyclic) bond motifs is 2. The molecule has 4 heteroatoms. The Morgan fingerprint density at radius 2 is 1.71 bits per heavy atom. The van der Waals surface area contributed by atoms with E-state index in [2.05, 4.69) is 5.32 Å². The van der Waals surface area contributed by atoms with E-state index >= 15 is 0 Å². The van der Waals surface area contributed by atoms with Crippen LogP contribution in [0.1, 0.15) is 10.5 Å². The van der Waals surface area contributed by atoms with Crippen LogP contribution in [0.4, 0.5) is 5.69 Å². The van der Waals surface area contributed by atoms with Gasteiger partial charge in [0.1, 0.15) is 5.69 Å². The molecule has 118 valence electrons. The average Bonchev–Trinajstić information content (AvgIpc) is 2.94. The van der Waals surface area contributed by atoms with E-state index < -0.39 is 0 Å². The number of carbonyl (C=O) groups excluding carboxylic acids is 1. The largest absolute Gasteiger partial charge is 0.340 e. The van der Waals surface area contributed by atoms with Crippen LogP contribution in [0, 0.1) is 0 Å². The van der Waals surface area contributed by atoms with E-state index in [0.29, 0.717) is 10.7 Å². The van der Waals surface area contributed by atoms with E-state index in [-0.39, 0.29) is 5.91 Å². The molecule has 0 saturated heterocycles. The van der Waals surface area contributed by atoms with Gasteiger partial charge in [-0.3, -0.25) is 4.79 Å². The lowest BCUT2D eigenvalue weighted by Gasteiger charge is -2.09. The number of hydrogen-bond acceptors (Lipinski definition) is 1. The molecular weight excluding hydrogens is 320 g/mol. The van der Waals surface area contributed by atoms with E-state index in [1.807, 2.05) is 78.3 Å². The van der Waals surface area contributed by atoms with Crippen molar-refractivity contribution in [1.82, 2.24) is 4.57 Å². The van der Waals surface area contributed by atoms with Gasteiger partial charge in [0.05, 0.1) is 0 Å². The van der Waals surface area contributed by atoms with Gasteiger partial charge in [-0.15, -0.1) is 0 Å². The van der Waals surface area contributed by atoms with Crippen LogP contribution in [0.25, 0.3) is 21.7 Å². The van der Waals surface area contributed by atoms with Crippen molar-refractivity contribution in [2.45, 2.75) is 0 Å². The smallest absolute Gasteiger partial charge is 0.272 e. The van der Waals surface area contributed by atoms with Gasteiger partial charge in [0.15, 0.2) is 0 Å². The van der Waals surface area contributed by atoms with Gasteiger partial charge in [-0.1, -0.05) is 54.1 Å². The number of carbonyl (C=O) groups is 1. The molecule has 1 N–H and O–H groups in total. The Bertz CT molecular complexity index is 1080. The fourth-order valence-electron chi connectivity index (χ4n) is 3.06. The van der Waals surface area contributed by atoms with Gasteiger partial charge in [0.25, 0.3) is 5.91 Å². The molecule has 0 spiro atoms. The molecule has 3 nitrogen and oxygen atoms in total. The number of anilines is 1. The number of amides is 1. The normalized spacial score (nSPS) is 11.1. The Morgan fingerprint density at radius 1 is 0.958 bits per heavy atom. The van der Waals surface area contributed by atoms with Crippen LogP contribution in [-0.4, -0.2) is 10.5 Å². The van der Waals surface area contributed by atoms with E-state index in [0.717, 1.165) is 27.4 Å². The van der Waals surface area contributed by atoms with E-state index in [1.165, 1.54) is 0 Å². The Morgan fingerprint density at radius 3 is 2.54 bits per heavy atom. The zero-order valence-electron chi connectivity index (χ0n) is 13.1. The topological polar surface area (TPSA) is 34.0 Å².